The number of aromatic nitrogens is 4. The minimum atomic E-state index is -0.0150. The highest BCUT2D eigenvalue weighted by molar-refractivity contribution is 5.98. The number of benzene rings is 2. The van der Waals surface area contributed by atoms with Crippen molar-refractivity contribution in [2.24, 2.45) is 0 Å². The summed E-state index contributed by atoms with van der Waals surface area (Å²) in [5, 5.41) is 18.5. The van der Waals surface area contributed by atoms with Gasteiger partial charge in [-0.3, -0.25) is 9.89 Å². The molecule has 1 N–H and O–H groups in total. The molecule has 0 spiro atoms. The second-order valence-corrected chi connectivity index (χ2v) is 8.56. The van der Waals surface area contributed by atoms with E-state index in [9.17, 15) is 4.79 Å². The van der Waals surface area contributed by atoms with Gasteiger partial charge < -0.3 is 9.80 Å². The molecular weight excluding hydrogens is 400 g/mol. The Labute approximate surface area is 186 Å². The number of hydrogen-bond donors (Lipinski definition) is 1. The van der Waals surface area contributed by atoms with Crippen molar-refractivity contribution in [2.45, 2.75) is 18.8 Å². The summed E-state index contributed by atoms with van der Waals surface area (Å²) in [6, 6.07) is 20.4. The molecule has 0 radical (unpaired) electrons. The lowest BCUT2D eigenvalue weighted by Crippen LogP contribution is -2.49. The highest BCUT2D eigenvalue weighted by Gasteiger charge is 2.27. The van der Waals surface area contributed by atoms with E-state index in [-0.39, 0.29) is 5.91 Å². The minimum Gasteiger partial charge on any atom is -0.352 e. The largest absolute Gasteiger partial charge is 0.352 e. The van der Waals surface area contributed by atoms with Crippen LogP contribution in [0.1, 0.15) is 34.9 Å². The van der Waals surface area contributed by atoms with Crippen molar-refractivity contribution in [1.29, 1.82) is 0 Å². The smallest absolute Gasteiger partial charge is 0.272 e. The zero-order chi connectivity index (χ0) is 21.5. The van der Waals surface area contributed by atoms with Crippen molar-refractivity contribution in [3.05, 3.63) is 72.1 Å². The van der Waals surface area contributed by atoms with E-state index in [1.54, 1.807) is 0 Å². The van der Waals surface area contributed by atoms with Crippen LogP contribution in [0.3, 0.4) is 0 Å². The average Bonchev–Trinajstić information content (AvgIpc) is 3.60. The fourth-order valence-electron chi connectivity index (χ4n) is 4.43. The number of H-pyrrole nitrogens is 1. The maximum atomic E-state index is 13.1. The molecule has 1 saturated heterocycles. The lowest BCUT2D eigenvalue weighted by molar-refractivity contribution is 0.0740. The van der Waals surface area contributed by atoms with E-state index < -0.39 is 0 Å². The van der Waals surface area contributed by atoms with E-state index >= 15 is 0 Å². The summed E-state index contributed by atoms with van der Waals surface area (Å²) < 4.78 is 0. The maximum Gasteiger partial charge on any atom is 0.272 e. The summed E-state index contributed by atoms with van der Waals surface area (Å²) in [5.41, 5.74) is 3.44. The van der Waals surface area contributed by atoms with Gasteiger partial charge in [0.1, 0.15) is 5.69 Å². The number of aromatic amines is 1. The Kier molecular flexibility index (Phi) is 4.60. The Bertz CT molecular complexity index is 1260. The summed E-state index contributed by atoms with van der Waals surface area (Å²) in [7, 11) is 0. The molecule has 0 unspecified atom stereocenters. The van der Waals surface area contributed by atoms with Crippen LogP contribution < -0.4 is 4.90 Å². The van der Waals surface area contributed by atoms with Gasteiger partial charge in [0.05, 0.1) is 11.4 Å². The van der Waals surface area contributed by atoms with Gasteiger partial charge in [0.2, 0.25) is 0 Å². The number of amides is 1. The molecule has 160 valence electrons. The molecule has 1 aliphatic carbocycles. The molecule has 0 atom stereocenters. The third-order valence-corrected chi connectivity index (χ3v) is 6.43. The highest BCUT2D eigenvalue weighted by atomic mass is 16.2. The summed E-state index contributed by atoms with van der Waals surface area (Å²) >= 11 is 0. The van der Waals surface area contributed by atoms with Gasteiger partial charge in [0, 0.05) is 37.7 Å². The van der Waals surface area contributed by atoms with Gasteiger partial charge in [-0.15, -0.1) is 5.10 Å². The Morgan fingerprint density at radius 2 is 1.72 bits per heavy atom. The quantitative estimate of drug-likeness (QED) is 0.538. The first kappa shape index (κ1) is 19.0. The number of fused-ring (bicyclic) bond motifs is 1. The number of anilines is 1. The minimum absolute atomic E-state index is 0.0150. The normalized spacial score (nSPS) is 16.5. The van der Waals surface area contributed by atoms with E-state index in [4.69, 9.17) is 0 Å². The lowest BCUT2D eigenvalue weighted by Gasteiger charge is -2.34. The Morgan fingerprint density at radius 3 is 2.50 bits per heavy atom. The lowest BCUT2D eigenvalue weighted by atomic mass is 10.0. The second kappa shape index (κ2) is 7.75. The van der Waals surface area contributed by atoms with Crippen molar-refractivity contribution in [3.8, 4) is 11.3 Å². The predicted octanol–water partition coefficient (Wildman–Crippen LogP) is 3.86. The molecule has 0 bridgehead atoms. The number of nitrogens with one attached hydrogen (secondary N) is 1. The first-order chi connectivity index (χ1) is 15.8. The van der Waals surface area contributed by atoms with Crippen molar-refractivity contribution in [1.82, 2.24) is 25.3 Å². The number of rotatable bonds is 4. The molecule has 7 heteroatoms. The van der Waals surface area contributed by atoms with E-state index in [0.717, 1.165) is 46.6 Å². The first-order valence-corrected chi connectivity index (χ1v) is 11.2. The molecule has 1 aliphatic heterocycles. The molecule has 2 aromatic heterocycles. The summed E-state index contributed by atoms with van der Waals surface area (Å²) in [6.45, 7) is 2.78. The number of nitrogens with zero attached hydrogens (tertiary/aromatic N) is 5. The molecule has 3 heterocycles. The zero-order valence-corrected chi connectivity index (χ0v) is 17.7. The zero-order valence-electron chi connectivity index (χ0n) is 17.7. The predicted molar refractivity (Wildman–Crippen MR) is 124 cm³/mol. The van der Waals surface area contributed by atoms with Crippen LogP contribution in [0.15, 0.2) is 60.7 Å². The number of piperazine rings is 1. The van der Waals surface area contributed by atoms with Gasteiger partial charge >= 0.3 is 0 Å². The van der Waals surface area contributed by atoms with Crippen molar-refractivity contribution >= 4 is 22.5 Å². The van der Waals surface area contributed by atoms with E-state index in [1.165, 1.54) is 12.8 Å². The molecule has 1 amide bonds. The third kappa shape index (κ3) is 3.49. The van der Waals surface area contributed by atoms with Crippen LogP contribution >= 0.6 is 0 Å². The van der Waals surface area contributed by atoms with Crippen LogP contribution in [0.5, 0.6) is 0 Å². The fourth-order valence-corrected chi connectivity index (χ4v) is 4.43. The van der Waals surface area contributed by atoms with Gasteiger partial charge in [-0.05, 0) is 41.8 Å². The van der Waals surface area contributed by atoms with Crippen molar-refractivity contribution < 1.29 is 4.79 Å². The number of carbonyl (C=O) groups excluding carboxylic acids is 1. The number of hydrogen-bond acceptors (Lipinski definition) is 5. The molecule has 1 saturated carbocycles. The van der Waals surface area contributed by atoms with E-state index in [0.29, 0.717) is 24.7 Å². The van der Waals surface area contributed by atoms with Crippen LogP contribution in [0.4, 0.5) is 5.82 Å². The topological polar surface area (TPSA) is 78.0 Å². The molecule has 2 fully saturated rings. The Balaban J connectivity index is 1.14. The Hall–Kier alpha value is -3.74. The van der Waals surface area contributed by atoms with Crippen LogP contribution in [-0.2, 0) is 0 Å². The summed E-state index contributed by atoms with van der Waals surface area (Å²) in [4.78, 5) is 17.2. The second-order valence-electron chi connectivity index (χ2n) is 8.56. The molecule has 6 rings (SSSR count). The van der Waals surface area contributed by atoms with Crippen LogP contribution in [0, 0.1) is 0 Å². The SMILES string of the molecule is O=C(c1cc(-c2cccc3ccccc23)n[nH]1)N1CCN(c2ccc(C3CC3)nn2)CC1. The molecule has 7 nitrogen and oxygen atoms in total. The Morgan fingerprint density at radius 1 is 0.906 bits per heavy atom. The third-order valence-electron chi connectivity index (χ3n) is 6.43. The molecule has 32 heavy (non-hydrogen) atoms. The molecule has 2 aromatic carbocycles. The van der Waals surface area contributed by atoms with Gasteiger partial charge in [-0.1, -0.05) is 42.5 Å². The standard InChI is InChI=1S/C25H24N6O/c32-25(23-16-22(27-28-23)20-7-3-5-17-4-1-2-6-19(17)20)31-14-12-30(13-15-31)24-11-10-21(26-29-24)18-8-9-18/h1-7,10-11,16,18H,8-9,12-15H2,(H,27,28). The van der Waals surface area contributed by atoms with Gasteiger partial charge in [-0.25, -0.2) is 0 Å². The van der Waals surface area contributed by atoms with E-state index in [2.05, 4.69) is 55.6 Å². The van der Waals surface area contributed by atoms with Crippen molar-refractivity contribution in [3.63, 3.8) is 0 Å². The molecule has 2 aliphatic rings. The maximum absolute atomic E-state index is 13.1. The molecule has 4 aromatic rings. The van der Waals surface area contributed by atoms with Gasteiger partial charge in [0.25, 0.3) is 5.91 Å². The monoisotopic (exact) mass is 424 g/mol. The fraction of sp³-hybridized carbons (Fsp3) is 0.280. The summed E-state index contributed by atoms with van der Waals surface area (Å²) in [5.74, 6) is 1.49. The molecular formula is C25H24N6O. The van der Waals surface area contributed by atoms with Crippen molar-refractivity contribution in [2.75, 3.05) is 31.1 Å². The van der Waals surface area contributed by atoms with Gasteiger partial charge in [0.15, 0.2) is 5.82 Å². The van der Waals surface area contributed by atoms with Gasteiger partial charge in [-0.2, -0.15) is 10.2 Å². The van der Waals surface area contributed by atoms with Crippen LogP contribution in [0.25, 0.3) is 22.0 Å². The van der Waals surface area contributed by atoms with Crippen LogP contribution in [0.2, 0.25) is 0 Å². The first-order valence-electron chi connectivity index (χ1n) is 11.2. The highest BCUT2D eigenvalue weighted by Crippen LogP contribution is 2.38. The number of carbonyl (C=O) groups is 1. The van der Waals surface area contributed by atoms with Crippen LogP contribution in [-0.4, -0.2) is 57.4 Å². The van der Waals surface area contributed by atoms with E-state index in [1.807, 2.05) is 35.2 Å². The average molecular weight is 425 g/mol. The summed E-state index contributed by atoms with van der Waals surface area (Å²) in [6.07, 6.45) is 2.45.